The highest BCUT2D eigenvalue weighted by atomic mass is 16.3. The Kier molecular flexibility index (Phi) is 4.18. The zero-order valence-electron chi connectivity index (χ0n) is 12.3. The summed E-state index contributed by atoms with van der Waals surface area (Å²) >= 11 is 0. The molecule has 1 N–H and O–H groups in total. The molecule has 0 aliphatic heterocycles. The van der Waals surface area contributed by atoms with Gasteiger partial charge in [-0.1, -0.05) is 34.6 Å². The van der Waals surface area contributed by atoms with Crippen LogP contribution in [0.5, 0.6) is 5.75 Å². The van der Waals surface area contributed by atoms with E-state index in [0.717, 1.165) is 12.0 Å². The fourth-order valence-corrected chi connectivity index (χ4v) is 2.68. The Morgan fingerprint density at radius 1 is 1.00 bits per heavy atom. The first kappa shape index (κ1) is 15.4. The number of carbonyl (C=O) groups excluding carboxylic acids is 2. The third-order valence-electron chi connectivity index (χ3n) is 3.18. The second-order valence-corrected chi connectivity index (χ2v) is 6.86. The number of carbonyl (C=O) groups is 2. The molecule has 0 unspecified atom stereocenters. The zero-order valence-corrected chi connectivity index (χ0v) is 12.3. The minimum absolute atomic E-state index is 0.129. The van der Waals surface area contributed by atoms with Crippen molar-refractivity contribution in [2.45, 2.75) is 46.5 Å². The highest BCUT2D eigenvalue weighted by Gasteiger charge is 2.28. The molecule has 0 atom stereocenters. The van der Waals surface area contributed by atoms with Gasteiger partial charge < -0.3 is 5.11 Å². The normalized spacial score (nSPS) is 12.3. The van der Waals surface area contributed by atoms with E-state index in [-0.39, 0.29) is 27.7 Å². The van der Waals surface area contributed by atoms with E-state index in [1.54, 1.807) is 12.1 Å². The highest BCUT2D eigenvalue weighted by molar-refractivity contribution is 5.88. The molecule has 0 saturated heterocycles. The maximum Gasteiger partial charge on any atom is 0.153 e. The Morgan fingerprint density at radius 3 is 1.74 bits per heavy atom. The highest BCUT2D eigenvalue weighted by Crippen LogP contribution is 2.38. The SMILES string of the molecule is CC(C)(C)CC(C)(C)c1cc(C=O)c(O)c(C=O)c1. The summed E-state index contributed by atoms with van der Waals surface area (Å²) in [5.74, 6) is -0.236. The van der Waals surface area contributed by atoms with E-state index in [1.807, 2.05) is 0 Å². The fourth-order valence-electron chi connectivity index (χ4n) is 2.68. The van der Waals surface area contributed by atoms with Crippen molar-refractivity contribution in [1.82, 2.24) is 0 Å². The van der Waals surface area contributed by atoms with Gasteiger partial charge in [0.1, 0.15) is 5.75 Å². The molecule has 0 heterocycles. The number of benzene rings is 1. The first-order chi connectivity index (χ1) is 8.60. The lowest BCUT2D eigenvalue weighted by Gasteiger charge is -2.33. The van der Waals surface area contributed by atoms with Crippen molar-refractivity contribution >= 4 is 12.6 Å². The van der Waals surface area contributed by atoms with Crippen LogP contribution in [0.15, 0.2) is 12.1 Å². The smallest absolute Gasteiger partial charge is 0.153 e. The zero-order chi connectivity index (χ0) is 14.8. The molecule has 0 bridgehead atoms. The van der Waals surface area contributed by atoms with Gasteiger partial charge in [-0.05, 0) is 34.9 Å². The van der Waals surface area contributed by atoms with E-state index in [1.165, 1.54) is 0 Å². The van der Waals surface area contributed by atoms with E-state index in [0.29, 0.717) is 12.6 Å². The van der Waals surface area contributed by atoms with Crippen LogP contribution in [-0.2, 0) is 5.41 Å². The summed E-state index contributed by atoms with van der Waals surface area (Å²) in [4.78, 5) is 22.0. The number of hydrogen-bond acceptors (Lipinski definition) is 3. The van der Waals surface area contributed by atoms with Gasteiger partial charge in [-0.15, -0.1) is 0 Å². The molecule has 0 aromatic heterocycles. The first-order valence-corrected chi connectivity index (χ1v) is 6.38. The molecule has 0 aliphatic carbocycles. The Bertz CT molecular complexity index is 464. The van der Waals surface area contributed by atoms with Crippen LogP contribution in [0.1, 0.15) is 67.3 Å². The minimum Gasteiger partial charge on any atom is -0.506 e. The van der Waals surface area contributed by atoms with Crippen LogP contribution in [0.25, 0.3) is 0 Å². The first-order valence-electron chi connectivity index (χ1n) is 6.38. The molecular formula is C16H22O3. The number of phenolic OH excluding ortho intramolecular Hbond substituents is 1. The Labute approximate surface area is 114 Å². The standard InChI is InChI=1S/C16H22O3/c1-15(2,3)10-16(4,5)13-6-11(8-17)14(19)12(7-13)9-18/h6-9,19H,10H2,1-5H3. The van der Waals surface area contributed by atoms with Crippen molar-refractivity contribution in [2.24, 2.45) is 5.41 Å². The van der Waals surface area contributed by atoms with Gasteiger partial charge in [0.25, 0.3) is 0 Å². The Morgan fingerprint density at radius 2 is 1.42 bits per heavy atom. The van der Waals surface area contributed by atoms with Gasteiger partial charge in [-0.3, -0.25) is 9.59 Å². The van der Waals surface area contributed by atoms with Gasteiger partial charge in [0.15, 0.2) is 12.6 Å². The molecule has 0 amide bonds. The van der Waals surface area contributed by atoms with E-state index in [9.17, 15) is 14.7 Å². The molecule has 1 aromatic rings. The minimum atomic E-state index is -0.236. The van der Waals surface area contributed by atoms with Gasteiger partial charge in [-0.2, -0.15) is 0 Å². The molecule has 19 heavy (non-hydrogen) atoms. The second kappa shape index (κ2) is 5.16. The van der Waals surface area contributed by atoms with Gasteiger partial charge >= 0.3 is 0 Å². The van der Waals surface area contributed by atoms with Crippen LogP contribution in [0.3, 0.4) is 0 Å². The van der Waals surface area contributed by atoms with Crippen LogP contribution in [0, 0.1) is 5.41 Å². The van der Waals surface area contributed by atoms with Gasteiger partial charge in [0.05, 0.1) is 11.1 Å². The van der Waals surface area contributed by atoms with Crippen molar-refractivity contribution in [1.29, 1.82) is 0 Å². The maximum atomic E-state index is 11.0. The van der Waals surface area contributed by atoms with Gasteiger partial charge in [0.2, 0.25) is 0 Å². The van der Waals surface area contributed by atoms with Crippen LogP contribution < -0.4 is 0 Å². The molecule has 0 aliphatic rings. The van der Waals surface area contributed by atoms with Gasteiger partial charge in [-0.25, -0.2) is 0 Å². The van der Waals surface area contributed by atoms with E-state index >= 15 is 0 Å². The van der Waals surface area contributed by atoms with Crippen molar-refractivity contribution in [3.8, 4) is 5.75 Å². The van der Waals surface area contributed by atoms with E-state index < -0.39 is 0 Å². The lowest BCUT2D eigenvalue weighted by atomic mass is 9.72. The Balaban J connectivity index is 3.34. The number of aromatic hydroxyl groups is 1. The topological polar surface area (TPSA) is 54.4 Å². The predicted molar refractivity (Wildman–Crippen MR) is 76.0 cm³/mol. The Hall–Kier alpha value is -1.64. The van der Waals surface area contributed by atoms with Crippen LogP contribution >= 0.6 is 0 Å². The fraction of sp³-hybridized carbons (Fsp3) is 0.500. The molecule has 0 fully saturated rings. The quantitative estimate of drug-likeness (QED) is 0.841. The van der Waals surface area contributed by atoms with Crippen molar-refractivity contribution < 1.29 is 14.7 Å². The van der Waals surface area contributed by atoms with Crippen molar-refractivity contribution in [3.05, 3.63) is 28.8 Å². The largest absolute Gasteiger partial charge is 0.506 e. The third kappa shape index (κ3) is 3.66. The number of aldehydes is 2. The number of hydrogen-bond donors (Lipinski definition) is 1. The molecule has 104 valence electrons. The van der Waals surface area contributed by atoms with Crippen molar-refractivity contribution in [2.75, 3.05) is 0 Å². The summed E-state index contributed by atoms with van der Waals surface area (Å²) in [6.45, 7) is 10.6. The molecule has 0 spiro atoms. The van der Waals surface area contributed by atoms with E-state index in [2.05, 4.69) is 34.6 Å². The molecule has 1 aromatic carbocycles. The average Bonchev–Trinajstić information content (AvgIpc) is 2.25. The average molecular weight is 262 g/mol. The summed E-state index contributed by atoms with van der Waals surface area (Å²) in [7, 11) is 0. The maximum absolute atomic E-state index is 11.0. The molecule has 3 nitrogen and oxygen atoms in total. The summed E-state index contributed by atoms with van der Waals surface area (Å²) < 4.78 is 0. The summed E-state index contributed by atoms with van der Waals surface area (Å²) in [6, 6.07) is 3.34. The van der Waals surface area contributed by atoms with Gasteiger partial charge in [0, 0.05) is 0 Å². The summed E-state index contributed by atoms with van der Waals surface area (Å²) in [6.07, 6.45) is 2.07. The molecule has 3 heteroatoms. The molecular weight excluding hydrogens is 240 g/mol. The number of phenols is 1. The third-order valence-corrected chi connectivity index (χ3v) is 3.18. The molecule has 0 radical (unpaired) electrons. The lowest BCUT2D eigenvalue weighted by Crippen LogP contribution is -2.25. The van der Waals surface area contributed by atoms with Crippen LogP contribution in [-0.4, -0.2) is 17.7 Å². The van der Waals surface area contributed by atoms with E-state index in [4.69, 9.17) is 0 Å². The van der Waals surface area contributed by atoms with Crippen LogP contribution in [0.4, 0.5) is 0 Å². The second-order valence-electron chi connectivity index (χ2n) is 6.86. The lowest BCUT2D eigenvalue weighted by molar-refractivity contribution is 0.112. The van der Waals surface area contributed by atoms with Crippen molar-refractivity contribution in [3.63, 3.8) is 0 Å². The van der Waals surface area contributed by atoms with Crippen LogP contribution in [0.2, 0.25) is 0 Å². The summed E-state index contributed by atoms with van der Waals surface area (Å²) in [5, 5.41) is 9.75. The molecule has 0 saturated carbocycles. The molecule has 1 rings (SSSR count). The summed E-state index contributed by atoms with van der Waals surface area (Å²) in [5.41, 5.74) is 1.18. The number of rotatable bonds is 4. The monoisotopic (exact) mass is 262 g/mol. The predicted octanol–water partition coefficient (Wildman–Crippen LogP) is 3.73.